The van der Waals surface area contributed by atoms with Crippen molar-refractivity contribution < 1.29 is 9.90 Å². The minimum atomic E-state index is -1.19. The van der Waals surface area contributed by atoms with Gasteiger partial charge in [0.15, 0.2) is 6.10 Å². The molecule has 2 N–H and O–H groups in total. The number of benzene rings is 2. The topological polar surface area (TPSA) is 49.3 Å². The Hall–Kier alpha value is -1.84. The normalized spacial score (nSPS) is 11.9. The zero-order valence-electron chi connectivity index (χ0n) is 10.4. The van der Waals surface area contributed by atoms with E-state index in [-0.39, 0.29) is 0 Å². The molecule has 1 unspecified atom stereocenters. The van der Waals surface area contributed by atoms with Crippen LogP contribution in [0.1, 0.15) is 17.2 Å². The van der Waals surface area contributed by atoms with Crippen LogP contribution in [0.2, 0.25) is 5.02 Å². The van der Waals surface area contributed by atoms with E-state index in [1.54, 1.807) is 42.5 Å². The first kappa shape index (κ1) is 13.6. The van der Waals surface area contributed by atoms with Crippen LogP contribution in [-0.4, -0.2) is 11.0 Å². The van der Waals surface area contributed by atoms with E-state index in [0.29, 0.717) is 16.3 Å². The number of aliphatic hydroxyl groups is 1. The molecule has 0 saturated carbocycles. The largest absolute Gasteiger partial charge is 0.378 e. The van der Waals surface area contributed by atoms with Crippen LogP contribution >= 0.6 is 11.6 Å². The van der Waals surface area contributed by atoms with E-state index in [2.05, 4.69) is 5.32 Å². The second-order valence-electron chi connectivity index (χ2n) is 4.21. The molecule has 0 aromatic heterocycles. The molecule has 0 heterocycles. The molecule has 0 fully saturated rings. The maximum Gasteiger partial charge on any atom is 0.257 e. The van der Waals surface area contributed by atoms with Gasteiger partial charge in [0.1, 0.15) is 0 Å². The highest BCUT2D eigenvalue weighted by Crippen LogP contribution is 2.24. The summed E-state index contributed by atoms with van der Waals surface area (Å²) in [4.78, 5) is 12.0. The Morgan fingerprint density at radius 1 is 1.16 bits per heavy atom. The number of anilines is 1. The molecule has 0 radical (unpaired) electrons. The maximum atomic E-state index is 12.0. The molecule has 19 heavy (non-hydrogen) atoms. The van der Waals surface area contributed by atoms with Gasteiger partial charge in [0, 0.05) is 10.7 Å². The van der Waals surface area contributed by atoms with Crippen molar-refractivity contribution in [3.05, 3.63) is 64.7 Å². The number of halogens is 1. The third-order valence-corrected chi connectivity index (χ3v) is 3.30. The molecule has 0 aliphatic heterocycles. The molecule has 0 saturated heterocycles. The Morgan fingerprint density at radius 3 is 2.53 bits per heavy atom. The first-order valence-electron chi connectivity index (χ1n) is 5.88. The molecule has 4 heteroatoms. The van der Waals surface area contributed by atoms with E-state index in [1.807, 2.05) is 13.0 Å². The molecule has 0 aliphatic carbocycles. The number of carbonyl (C=O) groups is 1. The zero-order valence-corrected chi connectivity index (χ0v) is 11.2. The summed E-state index contributed by atoms with van der Waals surface area (Å²) in [5.41, 5.74) is 1.94. The van der Waals surface area contributed by atoms with Gasteiger partial charge in [-0.25, -0.2) is 0 Å². The fourth-order valence-corrected chi connectivity index (χ4v) is 1.91. The molecule has 2 aromatic rings. The van der Waals surface area contributed by atoms with E-state index in [0.717, 1.165) is 5.56 Å². The molecule has 1 atom stereocenters. The lowest BCUT2D eigenvalue weighted by atomic mass is 10.1. The number of rotatable bonds is 3. The van der Waals surface area contributed by atoms with E-state index in [1.165, 1.54) is 0 Å². The summed E-state index contributed by atoms with van der Waals surface area (Å²) in [6, 6.07) is 14.0. The lowest BCUT2D eigenvalue weighted by Crippen LogP contribution is -2.21. The van der Waals surface area contributed by atoms with Gasteiger partial charge in [-0.15, -0.1) is 0 Å². The fourth-order valence-electron chi connectivity index (χ4n) is 1.73. The highest BCUT2D eigenvalue weighted by molar-refractivity contribution is 6.31. The Bertz CT molecular complexity index is 584. The first-order valence-corrected chi connectivity index (χ1v) is 6.26. The second kappa shape index (κ2) is 5.87. The number of aliphatic hydroxyl groups excluding tert-OH is 1. The van der Waals surface area contributed by atoms with Crippen LogP contribution in [-0.2, 0) is 4.79 Å². The number of carbonyl (C=O) groups excluding carboxylic acids is 1. The van der Waals surface area contributed by atoms with Gasteiger partial charge in [-0.05, 0) is 30.2 Å². The van der Waals surface area contributed by atoms with Crippen LogP contribution in [0.25, 0.3) is 0 Å². The standard InChI is InChI=1S/C15H14ClNO2/c1-10-12(16)8-5-9-13(10)17-15(19)14(18)11-6-3-2-4-7-11/h2-9,14,18H,1H3,(H,17,19). The molecule has 0 aliphatic rings. The minimum Gasteiger partial charge on any atom is -0.378 e. The average Bonchev–Trinajstić information content (AvgIpc) is 2.44. The van der Waals surface area contributed by atoms with Crippen molar-refractivity contribution in [1.82, 2.24) is 0 Å². The highest BCUT2D eigenvalue weighted by Gasteiger charge is 2.17. The van der Waals surface area contributed by atoms with Gasteiger partial charge < -0.3 is 10.4 Å². The van der Waals surface area contributed by atoms with Crippen molar-refractivity contribution in [3.8, 4) is 0 Å². The van der Waals surface area contributed by atoms with Crippen LogP contribution in [0, 0.1) is 6.92 Å². The van der Waals surface area contributed by atoms with E-state index in [9.17, 15) is 9.90 Å². The third-order valence-electron chi connectivity index (χ3n) is 2.89. The van der Waals surface area contributed by atoms with Crippen molar-refractivity contribution in [2.24, 2.45) is 0 Å². The minimum absolute atomic E-state index is 0.475. The Labute approximate surface area is 116 Å². The SMILES string of the molecule is Cc1c(Cl)cccc1NC(=O)C(O)c1ccccc1. The molecule has 2 aromatic carbocycles. The lowest BCUT2D eigenvalue weighted by molar-refractivity contribution is -0.124. The molecule has 1 amide bonds. The Balaban J connectivity index is 2.15. The van der Waals surface area contributed by atoms with Gasteiger partial charge >= 0.3 is 0 Å². The zero-order chi connectivity index (χ0) is 13.8. The number of nitrogens with one attached hydrogen (secondary N) is 1. The third kappa shape index (κ3) is 3.13. The molecule has 0 bridgehead atoms. The fraction of sp³-hybridized carbons (Fsp3) is 0.133. The molecular weight excluding hydrogens is 262 g/mol. The highest BCUT2D eigenvalue weighted by atomic mass is 35.5. The number of hydrogen-bond acceptors (Lipinski definition) is 2. The van der Waals surface area contributed by atoms with Crippen LogP contribution in [0.5, 0.6) is 0 Å². The smallest absolute Gasteiger partial charge is 0.257 e. The monoisotopic (exact) mass is 275 g/mol. The molecule has 2 rings (SSSR count). The quantitative estimate of drug-likeness (QED) is 0.903. The Kier molecular flexibility index (Phi) is 4.20. The van der Waals surface area contributed by atoms with Gasteiger partial charge in [-0.2, -0.15) is 0 Å². The maximum absolute atomic E-state index is 12.0. The van der Waals surface area contributed by atoms with Crippen molar-refractivity contribution in [2.45, 2.75) is 13.0 Å². The predicted molar refractivity (Wildman–Crippen MR) is 76.2 cm³/mol. The molecular formula is C15H14ClNO2. The van der Waals surface area contributed by atoms with Gasteiger partial charge in [-0.1, -0.05) is 48.0 Å². The van der Waals surface area contributed by atoms with Gasteiger partial charge in [0.2, 0.25) is 0 Å². The van der Waals surface area contributed by atoms with Crippen LogP contribution < -0.4 is 5.32 Å². The van der Waals surface area contributed by atoms with Crippen LogP contribution in [0.15, 0.2) is 48.5 Å². The van der Waals surface area contributed by atoms with Crippen molar-refractivity contribution in [3.63, 3.8) is 0 Å². The van der Waals surface area contributed by atoms with Crippen molar-refractivity contribution in [2.75, 3.05) is 5.32 Å². The molecule has 0 spiro atoms. The van der Waals surface area contributed by atoms with Crippen LogP contribution in [0.4, 0.5) is 5.69 Å². The van der Waals surface area contributed by atoms with E-state index in [4.69, 9.17) is 11.6 Å². The summed E-state index contributed by atoms with van der Waals surface area (Å²) in [7, 11) is 0. The number of hydrogen-bond donors (Lipinski definition) is 2. The average molecular weight is 276 g/mol. The summed E-state index contributed by atoms with van der Waals surface area (Å²) in [6.45, 7) is 1.81. The summed E-state index contributed by atoms with van der Waals surface area (Å²) in [5, 5.41) is 13.2. The lowest BCUT2D eigenvalue weighted by Gasteiger charge is -2.13. The summed E-state index contributed by atoms with van der Waals surface area (Å²) < 4.78 is 0. The molecule has 98 valence electrons. The predicted octanol–water partition coefficient (Wildman–Crippen LogP) is 3.32. The number of amides is 1. The summed E-state index contributed by atoms with van der Waals surface area (Å²) in [6.07, 6.45) is -1.19. The van der Waals surface area contributed by atoms with E-state index >= 15 is 0 Å². The summed E-state index contributed by atoms with van der Waals surface area (Å²) in [5.74, 6) is -0.475. The van der Waals surface area contributed by atoms with Crippen molar-refractivity contribution >= 4 is 23.2 Å². The van der Waals surface area contributed by atoms with Crippen LogP contribution in [0.3, 0.4) is 0 Å². The van der Waals surface area contributed by atoms with Gasteiger partial charge in [0.25, 0.3) is 5.91 Å². The molecule has 3 nitrogen and oxygen atoms in total. The first-order chi connectivity index (χ1) is 9.09. The summed E-state index contributed by atoms with van der Waals surface area (Å²) >= 11 is 5.98. The van der Waals surface area contributed by atoms with Crippen molar-refractivity contribution in [1.29, 1.82) is 0 Å². The van der Waals surface area contributed by atoms with E-state index < -0.39 is 12.0 Å². The Morgan fingerprint density at radius 2 is 1.84 bits per heavy atom. The second-order valence-corrected chi connectivity index (χ2v) is 4.62. The van der Waals surface area contributed by atoms with Gasteiger partial charge in [0.05, 0.1) is 0 Å². The van der Waals surface area contributed by atoms with Gasteiger partial charge in [-0.3, -0.25) is 4.79 Å².